The highest BCUT2D eigenvalue weighted by atomic mass is 19.1. The molecule has 1 aliphatic heterocycles. The van der Waals surface area contributed by atoms with Crippen molar-refractivity contribution < 1.29 is 28.9 Å². The molecule has 0 radical (unpaired) electrons. The summed E-state index contributed by atoms with van der Waals surface area (Å²) >= 11 is 0. The van der Waals surface area contributed by atoms with Gasteiger partial charge in [-0.1, -0.05) is 25.1 Å². The van der Waals surface area contributed by atoms with Gasteiger partial charge in [-0.3, -0.25) is 14.5 Å². The van der Waals surface area contributed by atoms with Crippen LogP contribution in [0.25, 0.3) is 5.76 Å². The quantitative estimate of drug-likeness (QED) is 0.317. The number of aliphatic hydroxyl groups excluding tert-OH is 1. The van der Waals surface area contributed by atoms with Gasteiger partial charge >= 0.3 is 0 Å². The third-order valence-corrected chi connectivity index (χ3v) is 5.32. The van der Waals surface area contributed by atoms with Crippen molar-refractivity contribution in [3.05, 3.63) is 95.3 Å². The molecule has 3 aromatic carbocycles. The van der Waals surface area contributed by atoms with Crippen LogP contribution < -0.4 is 9.64 Å². The highest BCUT2D eigenvalue weighted by molar-refractivity contribution is 6.51. The van der Waals surface area contributed by atoms with Gasteiger partial charge < -0.3 is 14.9 Å². The van der Waals surface area contributed by atoms with Crippen molar-refractivity contribution in [1.82, 2.24) is 0 Å². The number of aromatic hydroxyl groups is 1. The Kier molecular flexibility index (Phi) is 6.13. The van der Waals surface area contributed by atoms with Crippen molar-refractivity contribution >= 4 is 23.1 Å². The summed E-state index contributed by atoms with van der Waals surface area (Å²) < 4.78 is 19.5. The summed E-state index contributed by atoms with van der Waals surface area (Å²) in [6.07, 6.45) is 0.842. The fourth-order valence-electron chi connectivity index (χ4n) is 3.82. The minimum atomic E-state index is -1.06. The first-order valence-electron chi connectivity index (χ1n) is 10.5. The summed E-state index contributed by atoms with van der Waals surface area (Å²) in [5, 5.41) is 21.1. The molecule has 1 amide bonds. The SMILES string of the molecule is CCCOc1ccc(/C(O)=C2\C(=O)C(=O)N(c3cccc(F)c3)C2c2cccc(O)c2)cc1. The summed E-state index contributed by atoms with van der Waals surface area (Å²) in [5.41, 5.74) is 0.717. The number of nitrogens with zero attached hydrogens (tertiary/aromatic N) is 1. The number of benzene rings is 3. The van der Waals surface area contributed by atoms with Gasteiger partial charge in [-0.25, -0.2) is 4.39 Å². The molecule has 0 aliphatic carbocycles. The third-order valence-electron chi connectivity index (χ3n) is 5.32. The van der Waals surface area contributed by atoms with Gasteiger partial charge in [0.05, 0.1) is 18.2 Å². The average Bonchev–Trinajstić information content (AvgIpc) is 3.08. The topological polar surface area (TPSA) is 87.1 Å². The predicted molar refractivity (Wildman–Crippen MR) is 122 cm³/mol. The fraction of sp³-hybridized carbons (Fsp3) is 0.154. The molecule has 1 atom stereocenters. The maximum Gasteiger partial charge on any atom is 0.300 e. The molecule has 3 aromatic rings. The minimum Gasteiger partial charge on any atom is -0.508 e. The van der Waals surface area contributed by atoms with Crippen molar-refractivity contribution in [2.75, 3.05) is 11.5 Å². The lowest BCUT2D eigenvalue weighted by Gasteiger charge is -2.25. The van der Waals surface area contributed by atoms with E-state index in [-0.39, 0.29) is 22.8 Å². The van der Waals surface area contributed by atoms with E-state index in [0.717, 1.165) is 17.4 Å². The summed E-state index contributed by atoms with van der Waals surface area (Å²) in [6.45, 7) is 2.53. The Hall–Kier alpha value is -4.13. The maximum atomic E-state index is 13.9. The normalized spacial score (nSPS) is 17.4. The largest absolute Gasteiger partial charge is 0.508 e. The molecule has 1 unspecified atom stereocenters. The molecule has 168 valence electrons. The van der Waals surface area contributed by atoms with Crippen LogP contribution in [0.4, 0.5) is 10.1 Å². The third kappa shape index (κ3) is 4.30. The molecular formula is C26H22FNO5. The fourth-order valence-corrected chi connectivity index (χ4v) is 3.82. The minimum absolute atomic E-state index is 0.0743. The van der Waals surface area contributed by atoms with Crippen LogP contribution >= 0.6 is 0 Å². The van der Waals surface area contributed by atoms with Gasteiger partial charge in [-0.2, -0.15) is 0 Å². The second-order valence-corrected chi connectivity index (χ2v) is 7.62. The highest BCUT2D eigenvalue weighted by Crippen LogP contribution is 2.42. The van der Waals surface area contributed by atoms with Gasteiger partial charge in [0.1, 0.15) is 23.1 Å². The zero-order valence-electron chi connectivity index (χ0n) is 17.9. The van der Waals surface area contributed by atoms with Gasteiger partial charge in [0.15, 0.2) is 0 Å². The van der Waals surface area contributed by atoms with Crippen LogP contribution in [-0.2, 0) is 9.59 Å². The average molecular weight is 447 g/mol. The van der Waals surface area contributed by atoms with Crippen molar-refractivity contribution in [2.24, 2.45) is 0 Å². The number of anilines is 1. The van der Waals surface area contributed by atoms with E-state index in [1.165, 1.54) is 30.3 Å². The molecule has 0 bridgehead atoms. The lowest BCUT2D eigenvalue weighted by atomic mass is 9.95. The lowest BCUT2D eigenvalue weighted by molar-refractivity contribution is -0.132. The van der Waals surface area contributed by atoms with Crippen LogP contribution in [0.15, 0.2) is 78.4 Å². The summed E-state index contributed by atoms with van der Waals surface area (Å²) in [4.78, 5) is 27.2. The second-order valence-electron chi connectivity index (χ2n) is 7.62. The number of rotatable bonds is 6. The van der Waals surface area contributed by atoms with E-state index in [9.17, 15) is 24.2 Å². The number of carbonyl (C=O) groups excluding carboxylic acids is 2. The zero-order valence-corrected chi connectivity index (χ0v) is 17.9. The molecule has 2 N–H and O–H groups in total. The van der Waals surface area contributed by atoms with Crippen LogP contribution in [0.2, 0.25) is 0 Å². The standard InChI is InChI=1S/C26H22FNO5/c1-2-13-33-21-11-9-16(10-12-21)24(30)22-23(17-5-3-8-20(29)14-17)28(26(32)25(22)31)19-7-4-6-18(27)15-19/h3-12,14-15,23,29-30H,2,13H2,1H3/b24-22+. The number of phenolic OH excluding ortho intramolecular Hbond substituents is 1. The Morgan fingerprint density at radius 1 is 1.03 bits per heavy atom. The smallest absolute Gasteiger partial charge is 0.300 e. The van der Waals surface area contributed by atoms with Crippen molar-refractivity contribution in [2.45, 2.75) is 19.4 Å². The molecule has 33 heavy (non-hydrogen) atoms. The van der Waals surface area contributed by atoms with Gasteiger partial charge in [0, 0.05) is 11.3 Å². The second kappa shape index (κ2) is 9.16. The van der Waals surface area contributed by atoms with E-state index in [1.807, 2.05) is 6.92 Å². The molecule has 1 aliphatic rings. The number of carbonyl (C=O) groups is 2. The number of hydrogen-bond donors (Lipinski definition) is 2. The summed E-state index contributed by atoms with van der Waals surface area (Å²) in [6, 6.07) is 16.8. The molecule has 7 heteroatoms. The van der Waals surface area contributed by atoms with E-state index in [1.54, 1.807) is 36.4 Å². The van der Waals surface area contributed by atoms with E-state index in [4.69, 9.17) is 4.74 Å². The first kappa shape index (κ1) is 22.1. The number of hydrogen-bond acceptors (Lipinski definition) is 5. The number of ether oxygens (including phenoxy) is 1. The molecule has 1 heterocycles. The number of aliphatic hydroxyl groups is 1. The Morgan fingerprint density at radius 2 is 1.76 bits per heavy atom. The summed E-state index contributed by atoms with van der Waals surface area (Å²) in [5.74, 6) is -2.22. The van der Waals surface area contributed by atoms with Gasteiger partial charge in [-0.05, 0) is 66.6 Å². The van der Waals surface area contributed by atoms with Crippen LogP contribution in [-0.4, -0.2) is 28.5 Å². The Balaban J connectivity index is 1.86. The van der Waals surface area contributed by atoms with Crippen molar-refractivity contribution in [3.8, 4) is 11.5 Å². The zero-order chi connectivity index (χ0) is 23.5. The highest BCUT2D eigenvalue weighted by Gasteiger charge is 2.47. The Bertz CT molecular complexity index is 1240. The molecule has 6 nitrogen and oxygen atoms in total. The number of ketones is 1. The molecule has 0 spiro atoms. The van der Waals surface area contributed by atoms with E-state index >= 15 is 0 Å². The maximum absolute atomic E-state index is 13.9. The number of Topliss-reactive ketones (excluding diaryl/α,β-unsaturated/α-hetero) is 1. The van der Waals surface area contributed by atoms with Crippen molar-refractivity contribution in [1.29, 1.82) is 0 Å². The van der Waals surface area contributed by atoms with Crippen LogP contribution in [0.5, 0.6) is 11.5 Å². The molecule has 0 aromatic heterocycles. The van der Waals surface area contributed by atoms with E-state index in [0.29, 0.717) is 23.5 Å². The van der Waals surface area contributed by atoms with Gasteiger partial charge in [-0.15, -0.1) is 0 Å². The number of phenols is 1. The van der Waals surface area contributed by atoms with Crippen LogP contribution in [0, 0.1) is 5.82 Å². The number of halogens is 1. The van der Waals surface area contributed by atoms with E-state index < -0.39 is 23.5 Å². The van der Waals surface area contributed by atoms with Gasteiger partial charge in [0.2, 0.25) is 0 Å². The molecule has 0 saturated carbocycles. The van der Waals surface area contributed by atoms with E-state index in [2.05, 4.69) is 0 Å². The lowest BCUT2D eigenvalue weighted by Crippen LogP contribution is -2.29. The van der Waals surface area contributed by atoms with Gasteiger partial charge in [0.25, 0.3) is 11.7 Å². The first-order valence-corrected chi connectivity index (χ1v) is 10.5. The molecule has 1 saturated heterocycles. The Morgan fingerprint density at radius 3 is 2.42 bits per heavy atom. The summed E-state index contributed by atoms with van der Waals surface area (Å²) in [7, 11) is 0. The Labute approximate surface area is 190 Å². The molecule has 4 rings (SSSR count). The van der Waals surface area contributed by atoms with Crippen LogP contribution in [0.3, 0.4) is 0 Å². The monoisotopic (exact) mass is 447 g/mol. The number of amides is 1. The molecular weight excluding hydrogens is 425 g/mol. The first-order chi connectivity index (χ1) is 15.9. The van der Waals surface area contributed by atoms with Crippen molar-refractivity contribution in [3.63, 3.8) is 0 Å². The predicted octanol–water partition coefficient (Wildman–Crippen LogP) is 4.95. The van der Waals surface area contributed by atoms with Crippen LogP contribution in [0.1, 0.15) is 30.5 Å². The molecule has 1 fully saturated rings.